The number of nitrogens with two attached hydrogens (primary N) is 2. The molecule has 2 aromatic rings. The van der Waals surface area contributed by atoms with Crippen molar-refractivity contribution in [3.8, 4) is 11.5 Å². The number of hydrazone groups is 1. The number of anilines is 1. The number of methoxy groups -OCH3 is 1. The smallest absolute Gasteiger partial charge is 0.339 e. The zero-order chi connectivity index (χ0) is 21.0. The first-order valence-electron chi connectivity index (χ1n) is 9.30. The molecule has 4 N–H and O–H groups in total. The van der Waals surface area contributed by atoms with E-state index in [-0.39, 0.29) is 16.6 Å². The van der Waals surface area contributed by atoms with E-state index in [0.717, 1.165) is 37.1 Å². The van der Waals surface area contributed by atoms with Crippen LogP contribution in [0.3, 0.4) is 0 Å². The van der Waals surface area contributed by atoms with Crippen LogP contribution < -0.4 is 20.5 Å². The summed E-state index contributed by atoms with van der Waals surface area (Å²) in [6.07, 6.45) is 3.38. The highest BCUT2D eigenvalue weighted by Crippen LogP contribution is 2.41. The first-order chi connectivity index (χ1) is 13.8. The Kier molecular flexibility index (Phi) is 6.17. The van der Waals surface area contributed by atoms with E-state index in [4.69, 9.17) is 20.5 Å². The van der Waals surface area contributed by atoms with E-state index in [1.807, 2.05) is 13.0 Å². The van der Waals surface area contributed by atoms with Gasteiger partial charge in [0.2, 0.25) is 0 Å². The summed E-state index contributed by atoms with van der Waals surface area (Å²) in [5.74, 6) is 6.08. The molecule has 1 heterocycles. The normalized spacial score (nSPS) is 15.6. The average Bonchev–Trinajstić information content (AvgIpc) is 2.68. The van der Waals surface area contributed by atoms with Gasteiger partial charge >= 0.3 is 10.1 Å². The molecule has 9 heteroatoms. The van der Waals surface area contributed by atoms with Crippen molar-refractivity contribution in [3.63, 3.8) is 0 Å². The molecule has 0 bridgehead atoms. The van der Waals surface area contributed by atoms with E-state index in [0.29, 0.717) is 11.4 Å². The van der Waals surface area contributed by atoms with Gasteiger partial charge in [-0.2, -0.15) is 13.5 Å². The Hall–Kier alpha value is -2.94. The van der Waals surface area contributed by atoms with Crippen LogP contribution in [0.1, 0.15) is 29.9 Å². The second kappa shape index (κ2) is 8.60. The topological polar surface area (TPSA) is 120 Å². The van der Waals surface area contributed by atoms with Gasteiger partial charge in [0, 0.05) is 24.3 Å². The fourth-order valence-electron chi connectivity index (χ4n) is 3.57. The zero-order valence-electron chi connectivity index (χ0n) is 16.5. The van der Waals surface area contributed by atoms with Crippen LogP contribution in [-0.2, 0) is 10.1 Å². The number of aryl methyl sites for hydroxylation is 1. The number of likely N-dealkylation sites (tertiary alicyclic amines) is 1. The molecule has 0 aromatic heterocycles. The summed E-state index contributed by atoms with van der Waals surface area (Å²) in [6, 6.07) is 9.58. The molecule has 0 atom stereocenters. The molecule has 0 radical (unpaired) electrons. The van der Waals surface area contributed by atoms with E-state index in [1.165, 1.54) is 31.4 Å². The second-order valence-electron chi connectivity index (χ2n) is 7.07. The highest BCUT2D eigenvalue weighted by Gasteiger charge is 2.27. The van der Waals surface area contributed by atoms with E-state index < -0.39 is 10.1 Å². The summed E-state index contributed by atoms with van der Waals surface area (Å²) >= 11 is 0. The Morgan fingerprint density at radius 2 is 1.83 bits per heavy atom. The van der Waals surface area contributed by atoms with Crippen molar-refractivity contribution < 1.29 is 17.3 Å². The molecule has 0 aliphatic carbocycles. The summed E-state index contributed by atoms with van der Waals surface area (Å²) in [5, 5.41) is 3.58. The number of ether oxygens (including phenoxy) is 1. The summed E-state index contributed by atoms with van der Waals surface area (Å²) in [7, 11) is -2.50. The van der Waals surface area contributed by atoms with Crippen LogP contribution in [0, 0.1) is 6.92 Å². The van der Waals surface area contributed by atoms with Gasteiger partial charge in [-0.05, 0) is 61.6 Å². The molecule has 1 fully saturated rings. The molecule has 0 saturated carbocycles. The highest BCUT2D eigenvalue weighted by molar-refractivity contribution is 7.87. The predicted octanol–water partition coefficient (Wildman–Crippen LogP) is 2.43. The summed E-state index contributed by atoms with van der Waals surface area (Å²) in [4.78, 5) is 2.09. The Morgan fingerprint density at radius 1 is 1.17 bits per heavy atom. The molecule has 3 rings (SSSR count). The van der Waals surface area contributed by atoms with Gasteiger partial charge in [-0.1, -0.05) is 6.07 Å². The van der Waals surface area contributed by atoms with Gasteiger partial charge in [0.15, 0.2) is 11.5 Å². The quantitative estimate of drug-likeness (QED) is 0.185. The first-order valence-corrected chi connectivity index (χ1v) is 10.7. The fraction of sp³-hybridized carbons (Fsp3) is 0.350. The van der Waals surface area contributed by atoms with Crippen LogP contribution in [0.25, 0.3) is 0 Å². The summed E-state index contributed by atoms with van der Waals surface area (Å²) in [6.45, 7) is 3.52. The van der Waals surface area contributed by atoms with Gasteiger partial charge in [-0.15, -0.1) is 0 Å². The minimum Gasteiger partial charge on any atom is -0.492 e. The van der Waals surface area contributed by atoms with Gasteiger partial charge in [0.05, 0.1) is 7.11 Å². The summed E-state index contributed by atoms with van der Waals surface area (Å²) in [5.41, 5.74) is 7.96. The van der Waals surface area contributed by atoms with Crippen molar-refractivity contribution >= 4 is 22.1 Å². The average molecular weight is 419 g/mol. The molecule has 1 aliphatic rings. The SMILES string of the molecule is COc1c(OS(=O)(=O)c2ccc(N)cc2)cc(C)cc1C1CCN(C=NN)CC1. The van der Waals surface area contributed by atoms with Crippen molar-refractivity contribution in [1.82, 2.24) is 4.90 Å². The Labute approximate surface area is 171 Å². The maximum Gasteiger partial charge on any atom is 0.339 e. The number of hydrogen-bond acceptors (Lipinski definition) is 7. The largest absolute Gasteiger partial charge is 0.492 e. The first kappa shape index (κ1) is 20.8. The molecule has 8 nitrogen and oxygen atoms in total. The van der Waals surface area contributed by atoms with Crippen LogP contribution in [0.2, 0.25) is 0 Å². The lowest BCUT2D eigenvalue weighted by Gasteiger charge is -2.31. The van der Waals surface area contributed by atoms with E-state index in [9.17, 15) is 8.42 Å². The zero-order valence-corrected chi connectivity index (χ0v) is 17.4. The van der Waals surface area contributed by atoms with Crippen molar-refractivity contribution in [2.75, 3.05) is 25.9 Å². The summed E-state index contributed by atoms with van der Waals surface area (Å²) < 4.78 is 36.6. The Bertz CT molecular complexity index is 982. The number of rotatable bonds is 6. The molecule has 1 saturated heterocycles. The molecule has 0 amide bonds. The lowest BCUT2D eigenvalue weighted by molar-refractivity contribution is 0.311. The van der Waals surface area contributed by atoms with Gasteiger partial charge < -0.3 is 25.4 Å². The Balaban J connectivity index is 1.91. The van der Waals surface area contributed by atoms with Crippen LogP contribution in [0.4, 0.5) is 5.69 Å². The fourth-order valence-corrected chi connectivity index (χ4v) is 4.50. The predicted molar refractivity (Wildman–Crippen MR) is 113 cm³/mol. The Morgan fingerprint density at radius 3 is 2.41 bits per heavy atom. The van der Waals surface area contributed by atoms with Crippen molar-refractivity contribution in [2.24, 2.45) is 10.9 Å². The lowest BCUT2D eigenvalue weighted by atomic mass is 9.88. The molecular weight excluding hydrogens is 392 g/mol. The third kappa shape index (κ3) is 4.73. The molecule has 0 unspecified atom stereocenters. The third-order valence-corrected chi connectivity index (χ3v) is 6.25. The van der Waals surface area contributed by atoms with Crippen molar-refractivity contribution in [1.29, 1.82) is 0 Å². The monoisotopic (exact) mass is 418 g/mol. The van der Waals surface area contributed by atoms with Crippen LogP contribution in [-0.4, -0.2) is 39.9 Å². The minimum absolute atomic E-state index is 0.0335. The minimum atomic E-state index is -4.02. The van der Waals surface area contributed by atoms with E-state index >= 15 is 0 Å². The van der Waals surface area contributed by atoms with Gasteiger partial charge in [0.1, 0.15) is 11.2 Å². The number of hydrogen-bond donors (Lipinski definition) is 2. The molecule has 2 aromatic carbocycles. The maximum atomic E-state index is 12.7. The number of nitrogen functional groups attached to an aromatic ring is 1. The maximum absolute atomic E-state index is 12.7. The van der Waals surface area contributed by atoms with Gasteiger partial charge in [0.25, 0.3) is 0 Å². The van der Waals surface area contributed by atoms with Gasteiger partial charge in [-0.25, -0.2) is 0 Å². The van der Waals surface area contributed by atoms with Crippen LogP contribution in [0.5, 0.6) is 11.5 Å². The van der Waals surface area contributed by atoms with Crippen molar-refractivity contribution in [3.05, 3.63) is 47.5 Å². The lowest BCUT2D eigenvalue weighted by Crippen LogP contribution is -2.32. The molecule has 0 spiro atoms. The van der Waals surface area contributed by atoms with Gasteiger partial charge in [-0.3, -0.25) is 0 Å². The number of piperidine rings is 1. The van der Waals surface area contributed by atoms with Crippen LogP contribution >= 0.6 is 0 Å². The van der Waals surface area contributed by atoms with E-state index in [1.54, 1.807) is 12.4 Å². The number of benzene rings is 2. The van der Waals surface area contributed by atoms with Crippen molar-refractivity contribution in [2.45, 2.75) is 30.6 Å². The van der Waals surface area contributed by atoms with Crippen LogP contribution in [0.15, 0.2) is 46.4 Å². The molecule has 1 aliphatic heterocycles. The number of nitrogens with zero attached hydrogens (tertiary/aromatic N) is 2. The second-order valence-corrected chi connectivity index (χ2v) is 8.61. The molecular formula is C20H26N4O4S. The molecule has 29 heavy (non-hydrogen) atoms. The third-order valence-electron chi connectivity index (χ3n) is 5.00. The highest BCUT2D eigenvalue weighted by atomic mass is 32.2. The standard InChI is InChI=1S/C20H26N4O4S/c1-14-11-18(15-7-9-24(10-8-15)13-23-22)20(27-2)19(12-14)28-29(25,26)17-5-3-16(21)4-6-17/h3-6,11-13,15H,7-10,21-22H2,1-2H3. The molecule has 156 valence electrons. The van der Waals surface area contributed by atoms with E-state index in [2.05, 4.69) is 10.0 Å².